The van der Waals surface area contributed by atoms with Gasteiger partial charge in [-0.05, 0) is 11.1 Å². The van der Waals surface area contributed by atoms with E-state index in [1.54, 1.807) is 0 Å². The van der Waals surface area contributed by atoms with Crippen molar-refractivity contribution in [3.8, 4) is 6.07 Å². The van der Waals surface area contributed by atoms with E-state index in [0.29, 0.717) is 0 Å². The molecule has 0 N–H and O–H groups in total. The molecule has 4 atom stereocenters. The first kappa shape index (κ1) is 9.00. The summed E-state index contributed by atoms with van der Waals surface area (Å²) in [5, 5.41) is 9.13. The average Bonchev–Trinajstić information content (AvgIpc) is 2.65. The largest absolute Gasteiger partial charge is 0.198 e. The van der Waals surface area contributed by atoms with Gasteiger partial charge >= 0.3 is 0 Å². The first-order valence-electron chi connectivity index (χ1n) is 5.14. The molecule has 2 heteroatoms. The third kappa shape index (κ3) is 1.09. The Labute approximate surface area is 94.0 Å². The van der Waals surface area contributed by atoms with Crippen LogP contribution in [-0.4, -0.2) is 0 Å². The van der Waals surface area contributed by atoms with Crippen LogP contribution >= 0.6 is 11.6 Å². The van der Waals surface area contributed by atoms with Crippen molar-refractivity contribution in [1.82, 2.24) is 0 Å². The van der Waals surface area contributed by atoms with Crippen LogP contribution in [0.4, 0.5) is 0 Å². The van der Waals surface area contributed by atoms with Crippen molar-refractivity contribution < 1.29 is 0 Å². The second-order valence-corrected chi connectivity index (χ2v) is 4.64. The first-order valence-corrected chi connectivity index (χ1v) is 5.57. The lowest BCUT2D eigenvalue weighted by atomic mass is 9.74. The summed E-state index contributed by atoms with van der Waals surface area (Å²) in [7, 11) is 0. The van der Waals surface area contributed by atoms with E-state index < -0.39 is 0 Å². The standard InChI is InChI=1S/C13H10ClN/c14-13-10-4-2-1-3-8(10)9-5-6-11(13)12(9)7-15/h1-6,9,11-13H/t9-,11+,12-,13-/m0/s1. The predicted molar refractivity (Wildman–Crippen MR) is 59.5 cm³/mol. The maximum absolute atomic E-state index is 9.17. The van der Waals surface area contributed by atoms with Crippen molar-refractivity contribution in [2.24, 2.45) is 11.8 Å². The molecule has 0 heterocycles. The molecule has 2 aliphatic carbocycles. The summed E-state index contributed by atoms with van der Waals surface area (Å²) >= 11 is 6.41. The Kier molecular flexibility index (Phi) is 1.87. The van der Waals surface area contributed by atoms with Crippen molar-refractivity contribution in [1.29, 1.82) is 5.26 Å². The summed E-state index contributed by atoms with van der Waals surface area (Å²) in [5.41, 5.74) is 2.43. The van der Waals surface area contributed by atoms with Gasteiger partial charge in [0.1, 0.15) is 0 Å². The number of rotatable bonds is 0. The fraction of sp³-hybridized carbons (Fsp3) is 0.308. The van der Waals surface area contributed by atoms with Crippen molar-refractivity contribution >= 4 is 11.6 Å². The molecule has 0 radical (unpaired) electrons. The summed E-state index contributed by atoms with van der Waals surface area (Å²) in [4.78, 5) is 0. The van der Waals surface area contributed by atoms with Crippen molar-refractivity contribution in [3.63, 3.8) is 0 Å². The number of alkyl halides is 1. The Bertz CT molecular complexity index is 472. The fourth-order valence-electron chi connectivity index (χ4n) is 2.74. The van der Waals surface area contributed by atoms with Gasteiger partial charge in [0.15, 0.2) is 0 Å². The Morgan fingerprint density at radius 2 is 1.87 bits per heavy atom. The van der Waals surface area contributed by atoms with Gasteiger partial charge in [-0.1, -0.05) is 36.4 Å². The van der Waals surface area contributed by atoms with E-state index >= 15 is 0 Å². The van der Waals surface area contributed by atoms with Crippen LogP contribution in [0.3, 0.4) is 0 Å². The second kappa shape index (κ2) is 3.12. The molecule has 1 aromatic rings. The van der Waals surface area contributed by atoms with Gasteiger partial charge < -0.3 is 0 Å². The molecule has 0 spiro atoms. The number of nitriles is 1. The van der Waals surface area contributed by atoms with Gasteiger partial charge in [0.25, 0.3) is 0 Å². The molecule has 0 saturated carbocycles. The number of fused-ring (bicyclic) bond motifs is 4. The van der Waals surface area contributed by atoms with Gasteiger partial charge in [0.2, 0.25) is 0 Å². The minimum atomic E-state index is -0.0409. The van der Waals surface area contributed by atoms with E-state index in [4.69, 9.17) is 16.9 Å². The van der Waals surface area contributed by atoms with Crippen LogP contribution < -0.4 is 0 Å². The topological polar surface area (TPSA) is 23.8 Å². The van der Waals surface area contributed by atoms with Gasteiger partial charge in [0, 0.05) is 11.8 Å². The van der Waals surface area contributed by atoms with E-state index in [9.17, 15) is 0 Å². The minimum Gasteiger partial charge on any atom is -0.198 e. The van der Waals surface area contributed by atoms with Crippen LogP contribution in [0.15, 0.2) is 36.4 Å². The Hall–Kier alpha value is -1.26. The maximum Gasteiger partial charge on any atom is 0.0672 e. The average molecular weight is 216 g/mol. The van der Waals surface area contributed by atoms with Gasteiger partial charge in [0.05, 0.1) is 17.4 Å². The summed E-state index contributed by atoms with van der Waals surface area (Å²) < 4.78 is 0. The quantitative estimate of drug-likeness (QED) is 0.481. The molecule has 2 bridgehead atoms. The molecule has 1 nitrogen and oxygen atoms in total. The van der Waals surface area contributed by atoms with Crippen molar-refractivity contribution in [2.45, 2.75) is 11.3 Å². The number of hydrogen-bond donors (Lipinski definition) is 0. The molecule has 74 valence electrons. The minimum absolute atomic E-state index is 0.0300. The van der Waals surface area contributed by atoms with E-state index in [1.807, 2.05) is 12.1 Å². The van der Waals surface area contributed by atoms with Crippen molar-refractivity contribution in [2.75, 3.05) is 0 Å². The van der Waals surface area contributed by atoms with Crippen LogP contribution in [-0.2, 0) is 0 Å². The monoisotopic (exact) mass is 215 g/mol. The van der Waals surface area contributed by atoms with E-state index in [-0.39, 0.29) is 23.1 Å². The molecule has 3 rings (SSSR count). The van der Waals surface area contributed by atoms with Crippen LogP contribution in [0.25, 0.3) is 0 Å². The SMILES string of the molecule is N#C[C@@H]1[C@H]2C=C[C@H]1c1ccccc1[C@@H]2Cl. The number of halogens is 1. The third-order valence-corrected chi connectivity index (χ3v) is 4.01. The van der Waals surface area contributed by atoms with Gasteiger partial charge in [-0.25, -0.2) is 0 Å². The molecule has 0 unspecified atom stereocenters. The number of allylic oxidation sites excluding steroid dienone is 2. The fourth-order valence-corrected chi connectivity index (χ4v) is 3.18. The molecular formula is C13H10ClN. The lowest BCUT2D eigenvalue weighted by Gasteiger charge is -2.31. The molecule has 1 aromatic carbocycles. The van der Waals surface area contributed by atoms with E-state index in [1.165, 1.54) is 11.1 Å². The zero-order chi connectivity index (χ0) is 10.4. The normalized spacial score (nSPS) is 36.0. The van der Waals surface area contributed by atoms with Gasteiger partial charge in [-0.15, -0.1) is 11.6 Å². The number of benzene rings is 1. The summed E-state index contributed by atoms with van der Waals surface area (Å²) in [6.07, 6.45) is 4.25. The Morgan fingerprint density at radius 1 is 1.13 bits per heavy atom. The lowest BCUT2D eigenvalue weighted by molar-refractivity contribution is 0.438. The first-order chi connectivity index (χ1) is 7.33. The molecule has 0 aliphatic heterocycles. The molecule has 0 aromatic heterocycles. The zero-order valence-corrected chi connectivity index (χ0v) is 8.85. The highest BCUT2D eigenvalue weighted by Crippen LogP contribution is 2.52. The Balaban J connectivity index is 2.20. The smallest absolute Gasteiger partial charge is 0.0672 e. The van der Waals surface area contributed by atoms with E-state index in [0.717, 1.165) is 0 Å². The summed E-state index contributed by atoms with van der Waals surface area (Å²) in [6, 6.07) is 10.6. The highest BCUT2D eigenvalue weighted by molar-refractivity contribution is 6.21. The van der Waals surface area contributed by atoms with Crippen LogP contribution in [0.2, 0.25) is 0 Å². The van der Waals surface area contributed by atoms with Gasteiger partial charge in [-0.2, -0.15) is 5.26 Å². The molecule has 15 heavy (non-hydrogen) atoms. The Morgan fingerprint density at radius 3 is 2.60 bits per heavy atom. The second-order valence-electron chi connectivity index (χ2n) is 4.17. The lowest BCUT2D eigenvalue weighted by Crippen LogP contribution is -2.23. The molecule has 0 saturated heterocycles. The zero-order valence-electron chi connectivity index (χ0n) is 8.10. The van der Waals surface area contributed by atoms with E-state index in [2.05, 4.69) is 30.4 Å². The molecule has 0 amide bonds. The molecule has 0 fully saturated rings. The summed E-state index contributed by atoms with van der Waals surface area (Å²) in [6.45, 7) is 0. The van der Waals surface area contributed by atoms with Gasteiger partial charge in [-0.3, -0.25) is 0 Å². The highest BCUT2D eigenvalue weighted by atomic mass is 35.5. The predicted octanol–water partition coefficient (Wildman–Crippen LogP) is 3.39. The third-order valence-electron chi connectivity index (χ3n) is 3.48. The number of hydrogen-bond acceptors (Lipinski definition) is 1. The molecular weight excluding hydrogens is 206 g/mol. The summed E-state index contributed by atoms with van der Waals surface area (Å²) in [5.74, 6) is 0.477. The van der Waals surface area contributed by atoms with Crippen LogP contribution in [0.1, 0.15) is 22.4 Å². The number of nitrogens with zero attached hydrogens (tertiary/aromatic N) is 1. The van der Waals surface area contributed by atoms with Crippen molar-refractivity contribution in [3.05, 3.63) is 47.5 Å². The van der Waals surface area contributed by atoms with Crippen LogP contribution in [0, 0.1) is 23.2 Å². The van der Waals surface area contributed by atoms with Crippen LogP contribution in [0.5, 0.6) is 0 Å². The highest BCUT2D eigenvalue weighted by Gasteiger charge is 2.43. The molecule has 2 aliphatic rings. The maximum atomic E-state index is 9.17.